The molecular formula is C20H23N3O2S. The van der Waals surface area contributed by atoms with Crippen LogP contribution in [0.25, 0.3) is 16.2 Å². The summed E-state index contributed by atoms with van der Waals surface area (Å²) in [5.41, 5.74) is 2.63. The molecule has 2 aromatic heterocycles. The quantitative estimate of drug-likeness (QED) is 0.680. The Balaban J connectivity index is 1.48. The summed E-state index contributed by atoms with van der Waals surface area (Å²) in [6.07, 6.45) is 6.63. The fourth-order valence-corrected chi connectivity index (χ4v) is 4.20. The summed E-state index contributed by atoms with van der Waals surface area (Å²) in [6.45, 7) is 1.56. The van der Waals surface area contributed by atoms with Crippen LogP contribution in [0.15, 0.2) is 41.9 Å². The number of hydrogen-bond donors (Lipinski definition) is 0. The molecule has 5 nitrogen and oxygen atoms in total. The van der Waals surface area contributed by atoms with Crippen LogP contribution >= 0.6 is 11.3 Å². The molecule has 1 aliphatic rings. The van der Waals surface area contributed by atoms with E-state index in [1.165, 1.54) is 17.8 Å². The maximum Gasteiger partial charge on any atom is 0.271 e. The second-order valence-electron chi connectivity index (χ2n) is 6.77. The molecular weight excluding hydrogens is 346 g/mol. The number of hydrogen-bond acceptors (Lipinski definition) is 4. The van der Waals surface area contributed by atoms with Gasteiger partial charge in [-0.05, 0) is 25.7 Å². The van der Waals surface area contributed by atoms with Crippen molar-refractivity contribution in [3.05, 3.63) is 47.6 Å². The summed E-state index contributed by atoms with van der Waals surface area (Å²) in [6, 6.07) is 10.0. The van der Waals surface area contributed by atoms with E-state index in [1.54, 1.807) is 4.90 Å². The zero-order valence-electron chi connectivity index (χ0n) is 14.9. The van der Waals surface area contributed by atoms with Gasteiger partial charge in [-0.1, -0.05) is 30.3 Å². The monoisotopic (exact) mass is 369 g/mol. The highest BCUT2D eigenvalue weighted by Gasteiger charge is 2.20. The van der Waals surface area contributed by atoms with Crippen LogP contribution in [0.2, 0.25) is 0 Å². The van der Waals surface area contributed by atoms with Crippen LogP contribution in [-0.2, 0) is 4.74 Å². The molecule has 0 aliphatic carbocycles. The lowest BCUT2D eigenvalue weighted by Gasteiger charge is -2.25. The first-order chi connectivity index (χ1) is 12.7. The molecule has 6 heteroatoms. The Bertz CT molecular complexity index is 881. The Labute approximate surface area is 157 Å². The van der Waals surface area contributed by atoms with Crippen molar-refractivity contribution in [3.8, 4) is 11.3 Å². The molecule has 3 aromatic rings. The SMILES string of the molecule is CN(CCC1CCCCO1)C(=O)c1csc2nc(-c3ccccc3)cn12. The number of benzene rings is 1. The van der Waals surface area contributed by atoms with Gasteiger partial charge in [0, 0.05) is 37.3 Å². The summed E-state index contributed by atoms with van der Waals surface area (Å²) in [4.78, 5) is 20.2. The summed E-state index contributed by atoms with van der Waals surface area (Å²) in [5.74, 6) is 0.0315. The average Bonchev–Trinajstić information content (AvgIpc) is 3.28. The van der Waals surface area contributed by atoms with E-state index in [0.29, 0.717) is 18.3 Å². The predicted octanol–water partition coefficient (Wildman–Crippen LogP) is 4.09. The Morgan fingerprint density at radius 2 is 2.19 bits per heavy atom. The fraction of sp³-hybridized carbons (Fsp3) is 0.400. The normalized spacial score (nSPS) is 17.5. The van der Waals surface area contributed by atoms with E-state index in [1.807, 2.05) is 53.4 Å². The number of rotatable bonds is 5. The molecule has 1 unspecified atom stereocenters. The van der Waals surface area contributed by atoms with Crippen LogP contribution in [0.5, 0.6) is 0 Å². The maximum absolute atomic E-state index is 12.9. The molecule has 1 aliphatic heterocycles. The number of thiazole rings is 1. The molecule has 136 valence electrons. The fourth-order valence-electron chi connectivity index (χ4n) is 3.36. The number of aromatic nitrogens is 2. The van der Waals surface area contributed by atoms with Crippen molar-refractivity contribution in [2.45, 2.75) is 31.8 Å². The Morgan fingerprint density at radius 1 is 1.35 bits per heavy atom. The van der Waals surface area contributed by atoms with Crippen LogP contribution in [0.4, 0.5) is 0 Å². The third-order valence-electron chi connectivity index (χ3n) is 4.90. The van der Waals surface area contributed by atoms with Crippen LogP contribution in [0.1, 0.15) is 36.2 Å². The third-order valence-corrected chi connectivity index (χ3v) is 5.74. The number of imidazole rings is 1. The molecule has 1 atom stereocenters. The standard InChI is InChI=1S/C20H23N3O2S/c1-22(11-10-16-9-5-6-12-25-16)19(24)18-14-26-20-21-17(13-23(18)20)15-7-3-2-4-8-15/h2-4,7-8,13-14,16H,5-6,9-12H2,1H3. The number of ether oxygens (including phenoxy) is 1. The molecule has 26 heavy (non-hydrogen) atoms. The molecule has 0 saturated carbocycles. The highest BCUT2D eigenvalue weighted by molar-refractivity contribution is 7.15. The van der Waals surface area contributed by atoms with Crippen molar-refractivity contribution in [1.82, 2.24) is 14.3 Å². The summed E-state index contributed by atoms with van der Waals surface area (Å²) >= 11 is 1.50. The van der Waals surface area contributed by atoms with Gasteiger partial charge in [0.15, 0.2) is 4.96 Å². The predicted molar refractivity (Wildman–Crippen MR) is 104 cm³/mol. The topological polar surface area (TPSA) is 46.8 Å². The van der Waals surface area contributed by atoms with Gasteiger partial charge in [-0.2, -0.15) is 0 Å². The lowest BCUT2D eigenvalue weighted by atomic mass is 10.1. The van der Waals surface area contributed by atoms with Crippen molar-refractivity contribution < 1.29 is 9.53 Å². The minimum Gasteiger partial charge on any atom is -0.378 e. The number of nitrogens with zero attached hydrogens (tertiary/aromatic N) is 3. The maximum atomic E-state index is 12.9. The van der Waals surface area contributed by atoms with Gasteiger partial charge in [-0.15, -0.1) is 11.3 Å². The van der Waals surface area contributed by atoms with E-state index in [2.05, 4.69) is 4.98 Å². The molecule has 0 N–H and O–H groups in total. The second-order valence-corrected chi connectivity index (χ2v) is 7.61. The van der Waals surface area contributed by atoms with E-state index in [4.69, 9.17) is 4.74 Å². The molecule has 0 bridgehead atoms. The average molecular weight is 369 g/mol. The van der Waals surface area contributed by atoms with Crippen molar-refractivity contribution in [1.29, 1.82) is 0 Å². The van der Waals surface area contributed by atoms with E-state index < -0.39 is 0 Å². The highest BCUT2D eigenvalue weighted by Crippen LogP contribution is 2.24. The van der Waals surface area contributed by atoms with Gasteiger partial charge in [0.2, 0.25) is 0 Å². The smallest absolute Gasteiger partial charge is 0.271 e. The van der Waals surface area contributed by atoms with Crippen molar-refractivity contribution >= 4 is 22.2 Å². The Kier molecular flexibility index (Phi) is 5.04. The van der Waals surface area contributed by atoms with Gasteiger partial charge < -0.3 is 9.64 Å². The third kappa shape index (κ3) is 3.52. The summed E-state index contributed by atoms with van der Waals surface area (Å²) < 4.78 is 7.68. The summed E-state index contributed by atoms with van der Waals surface area (Å²) in [7, 11) is 1.86. The molecule has 4 rings (SSSR count). The Morgan fingerprint density at radius 3 is 2.96 bits per heavy atom. The van der Waals surface area contributed by atoms with E-state index in [0.717, 1.165) is 42.1 Å². The number of carbonyl (C=O) groups excluding carboxylic acids is 1. The van der Waals surface area contributed by atoms with Gasteiger partial charge in [-0.25, -0.2) is 4.98 Å². The van der Waals surface area contributed by atoms with Crippen LogP contribution in [0.3, 0.4) is 0 Å². The van der Waals surface area contributed by atoms with Crippen LogP contribution in [-0.4, -0.2) is 46.5 Å². The number of fused-ring (bicyclic) bond motifs is 1. The first kappa shape index (κ1) is 17.2. The minimum atomic E-state index is 0.0315. The van der Waals surface area contributed by atoms with Gasteiger partial charge in [-0.3, -0.25) is 9.20 Å². The molecule has 0 spiro atoms. The minimum absolute atomic E-state index is 0.0315. The molecule has 0 radical (unpaired) electrons. The first-order valence-electron chi connectivity index (χ1n) is 9.11. The molecule has 1 fully saturated rings. The largest absolute Gasteiger partial charge is 0.378 e. The van der Waals surface area contributed by atoms with Gasteiger partial charge in [0.05, 0.1) is 11.8 Å². The van der Waals surface area contributed by atoms with Gasteiger partial charge in [0.25, 0.3) is 5.91 Å². The molecule has 1 saturated heterocycles. The molecule has 1 aromatic carbocycles. The second kappa shape index (κ2) is 7.60. The zero-order chi connectivity index (χ0) is 17.9. The van der Waals surface area contributed by atoms with Gasteiger partial charge >= 0.3 is 0 Å². The molecule has 3 heterocycles. The van der Waals surface area contributed by atoms with E-state index >= 15 is 0 Å². The number of carbonyl (C=O) groups is 1. The first-order valence-corrected chi connectivity index (χ1v) is 9.99. The lowest BCUT2D eigenvalue weighted by molar-refractivity contribution is 0.00705. The van der Waals surface area contributed by atoms with Gasteiger partial charge in [0.1, 0.15) is 5.69 Å². The Hall–Kier alpha value is -2.18. The van der Waals surface area contributed by atoms with E-state index in [-0.39, 0.29) is 5.91 Å². The zero-order valence-corrected chi connectivity index (χ0v) is 15.7. The van der Waals surface area contributed by atoms with Crippen LogP contribution < -0.4 is 0 Å². The summed E-state index contributed by atoms with van der Waals surface area (Å²) in [5, 5.41) is 1.90. The number of amides is 1. The van der Waals surface area contributed by atoms with Crippen molar-refractivity contribution in [3.63, 3.8) is 0 Å². The van der Waals surface area contributed by atoms with Crippen molar-refractivity contribution in [2.24, 2.45) is 0 Å². The van der Waals surface area contributed by atoms with E-state index in [9.17, 15) is 4.79 Å². The van der Waals surface area contributed by atoms with Crippen molar-refractivity contribution in [2.75, 3.05) is 20.2 Å². The van der Waals surface area contributed by atoms with Crippen LogP contribution in [0, 0.1) is 0 Å². The highest BCUT2D eigenvalue weighted by atomic mass is 32.1. The molecule has 1 amide bonds. The lowest BCUT2D eigenvalue weighted by Crippen LogP contribution is -2.32.